The van der Waals surface area contributed by atoms with E-state index in [4.69, 9.17) is 0 Å². The topological polar surface area (TPSA) is 45.6 Å². The minimum Gasteiger partial charge on any atom is -0.330 e. The van der Waals surface area contributed by atoms with Crippen LogP contribution in [0.25, 0.3) is 5.69 Å². The molecule has 0 spiro atoms. The predicted octanol–water partition coefficient (Wildman–Crippen LogP) is 6.01. The summed E-state index contributed by atoms with van der Waals surface area (Å²) in [5.41, 5.74) is 3.48. The first-order valence-electron chi connectivity index (χ1n) is 12.7. The summed E-state index contributed by atoms with van der Waals surface area (Å²) in [6.45, 7) is 2.21. The van der Waals surface area contributed by atoms with Crippen LogP contribution in [0.5, 0.6) is 0 Å². The van der Waals surface area contributed by atoms with Crippen molar-refractivity contribution in [1.29, 1.82) is 0 Å². The van der Waals surface area contributed by atoms with E-state index in [1.807, 2.05) is 42.6 Å². The summed E-state index contributed by atoms with van der Waals surface area (Å²) < 4.78 is 15.8. The molecule has 0 radical (unpaired) electrons. The third kappa shape index (κ3) is 4.75. The smallest absolute Gasteiger partial charge is 0.247 e. The Bertz CT molecular complexity index is 1200. The Labute approximate surface area is 206 Å². The molecule has 0 bridgehead atoms. The Morgan fingerprint density at radius 3 is 2.40 bits per heavy atom. The molecule has 3 aromatic rings. The fourth-order valence-electron chi connectivity index (χ4n) is 5.10. The van der Waals surface area contributed by atoms with Gasteiger partial charge in [0.25, 0.3) is 0 Å². The number of halogens is 1. The van der Waals surface area contributed by atoms with Crippen molar-refractivity contribution in [1.82, 2.24) is 9.47 Å². The highest BCUT2D eigenvalue weighted by Crippen LogP contribution is 2.42. The highest BCUT2D eigenvalue weighted by molar-refractivity contribution is 6.00. The Balaban J connectivity index is 1.47. The van der Waals surface area contributed by atoms with Gasteiger partial charge in [-0.25, -0.2) is 4.39 Å². The molecular weight excluding hydrogens is 441 g/mol. The molecule has 0 N–H and O–H groups in total. The molecule has 1 unspecified atom stereocenters. The molecule has 5 nitrogen and oxygen atoms in total. The minimum atomic E-state index is -0.409. The van der Waals surface area contributed by atoms with Gasteiger partial charge in [-0.2, -0.15) is 0 Å². The second-order valence-electron chi connectivity index (χ2n) is 9.57. The van der Waals surface area contributed by atoms with Gasteiger partial charge in [-0.15, -0.1) is 0 Å². The van der Waals surface area contributed by atoms with Gasteiger partial charge in [-0.1, -0.05) is 50.5 Å². The fourth-order valence-corrected chi connectivity index (χ4v) is 5.10. The van der Waals surface area contributed by atoms with Crippen molar-refractivity contribution in [3.8, 4) is 5.69 Å². The number of rotatable bonds is 9. The lowest BCUT2D eigenvalue weighted by Gasteiger charge is -2.39. The zero-order chi connectivity index (χ0) is 24.4. The van der Waals surface area contributed by atoms with Crippen LogP contribution in [0.3, 0.4) is 0 Å². The van der Waals surface area contributed by atoms with Crippen molar-refractivity contribution < 1.29 is 14.0 Å². The van der Waals surface area contributed by atoms with Gasteiger partial charge in [-0.05, 0) is 61.2 Å². The molecule has 2 aliphatic rings. The lowest BCUT2D eigenvalue weighted by molar-refractivity contribution is -0.136. The zero-order valence-electron chi connectivity index (χ0n) is 20.2. The largest absolute Gasteiger partial charge is 0.330 e. The molecule has 1 aliphatic heterocycles. The van der Waals surface area contributed by atoms with Gasteiger partial charge in [-0.3, -0.25) is 14.5 Å². The van der Waals surface area contributed by atoms with Crippen molar-refractivity contribution in [2.45, 2.75) is 64.0 Å². The maximum Gasteiger partial charge on any atom is 0.247 e. The second kappa shape index (κ2) is 10.1. The highest BCUT2D eigenvalue weighted by atomic mass is 19.1. The van der Waals surface area contributed by atoms with E-state index in [0.29, 0.717) is 6.42 Å². The van der Waals surface area contributed by atoms with Crippen molar-refractivity contribution in [3.63, 3.8) is 0 Å². The first-order valence-corrected chi connectivity index (χ1v) is 12.7. The van der Waals surface area contributed by atoms with E-state index >= 15 is 0 Å². The third-order valence-corrected chi connectivity index (χ3v) is 7.03. The fraction of sp³-hybridized carbons (Fsp3) is 0.379. The number of hydrogen-bond donors (Lipinski definition) is 0. The average Bonchev–Trinajstić information content (AvgIpc) is 3.59. The van der Waals surface area contributed by atoms with Crippen LogP contribution in [0.4, 0.5) is 10.1 Å². The van der Waals surface area contributed by atoms with E-state index in [-0.39, 0.29) is 30.2 Å². The van der Waals surface area contributed by atoms with Crippen molar-refractivity contribution >= 4 is 17.5 Å². The molecule has 1 aliphatic carbocycles. The molecule has 1 fully saturated rings. The number of anilines is 1. The summed E-state index contributed by atoms with van der Waals surface area (Å²) in [6.07, 6.45) is 8.54. The van der Waals surface area contributed by atoms with Crippen LogP contribution in [0, 0.1) is 5.82 Å². The van der Waals surface area contributed by atoms with E-state index in [1.54, 1.807) is 21.9 Å². The van der Waals surface area contributed by atoms with Gasteiger partial charge in [0.05, 0.1) is 17.1 Å². The number of aromatic nitrogens is 1. The maximum absolute atomic E-state index is 14.0. The molecule has 0 saturated heterocycles. The minimum absolute atomic E-state index is 0.0595. The summed E-state index contributed by atoms with van der Waals surface area (Å²) in [7, 11) is 0. The Hall–Kier alpha value is -3.41. The molecule has 35 heavy (non-hydrogen) atoms. The van der Waals surface area contributed by atoms with Gasteiger partial charge in [0.2, 0.25) is 11.8 Å². The van der Waals surface area contributed by atoms with Crippen LogP contribution < -0.4 is 4.90 Å². The lowest BCUT2D eigenvalue weighted by Crippen LogP contribution is -2.47. The number of benzene rings is 2. The van der Waals surface area contributed by atoms with Crippen molar-refractivity contribution in [3.05, 3.63) is 83.9 Å². The second-order valence-corrected chi connectivity index (χ2v) is 9.57. The Morgan fingerprint density at radius 2 is 1.69 bits per heavy atom. The molecule has 182 valence electrons. The monoisotopic (exact) mass is 473 g/mol. The van der Waals surface area contributed by atoms with E-state index in [0.717, 1.165) is 61.2 Å². The van der Waals surface area contributed by atoms with Crippen LogP contribution in [-0.4, -0.2) is 33.9 Å². The van der Waals surface area contributed by atoms with E-state index in [2.05, 4.69) is 11.5 Å². The molecule has 2 aromatic carbocycles. The normalized spacial score (nSPS) is 16.5. The van der Waals surface area contributed by atoms with Crippen LogP contribution >= 0.6 is 0 Å². The van der Waals surface area contributed by atoms with Gasteiger partial charge in [0.1, 0.15) is 18.4 Å². The molecular formula is C29H32FN3O2. The number of unbranched alkanes of at least 4 members (excludes halogenated alkanes) is 3. The van der Waals surface area contributed by atoms with E-state index < -0.39 is 6.04 Å². The van der Waals surface area contributed by atoms with E-state index in [9.17, 15) is 14.0 Å². The van der Waals surface area contributed by atoms with Crippen LogP contribution in [0.15, 0.2) is 66.9 Å². The summed E-state index contributed by atoms with van der Waals surface area (Å²) in [5.74, 6) is -0.358. The van der Waals surface area contributed by atoms with Crippen LogP contribution in [0.2, 0.25) is 0 Å². The standard InChI is InChI=1S/C29H32FN3O2/c1-2-3-4-5-12-27(34)32(23-17-18-23)20-28(35)33-25-10-7-6-9-24(25)31-19-8-11-26(31)29(33)21-13-15-22(30)16-14-21/h6-11,13-16,19,23,29H,2-5,12,17-18,20H2,1H3. The highest BCUT2D eigenvalue weighted by Gasteiger charge is 2.39. The molecule has 1 saturated carbocycles. The number of para-hydroxylation sites is 2. The molecule has 1 aromatic heterocycles. The van der Waals surface area contributed by atoms with E-state index in [1.165, 1.54) is 12.1 Å². The molecule has 6 heteroatoms. The Morgan fingerprint density at radius 1 is 0.943 bits per heavy atom. The van der Waals surface area contributed by atoms with Crippen molar-refractivity contribution in [2.75, 3.05) is 11.4 Å². The lowest BCUT2D eigenvalue weighted by atomic mass is 9.97. The third-order valence-electron chi connectivity index (χ3n) is 7.03. The number of fused-ring (bicyclic) bond motifs is 3. The summed E-state index contributed by atoms with van der Waals surface area (Å²) >= 11 is 0. The zero-order valence-corrected chi connectivity index (χ0v) is 20.2. The maximum atomic E-state index is 14.0. The number of nitrogens with zero attached hydrogens (tertiary/aromatic N) is 3. The first kappa shape index (κ1) is 23.3. The Kier molecular flexibility index (Phi) is 6.71. The number of carbonyl (C=O) groups excluding carboxylic acids is 2. The summed E-state index contributed by atoms with van der Waals surface area (Å²) in [5, 5.41) is 0. The average molecular weight is 474 g/mol. The molecule has 2 amide bonds. The van der Waals surface area contributed by atoms with Gasteiger partial charge in [0, 0.05) is 18.7 Å². The number of hydrogen-bond acceptors (Lipinski definition) is 2. The number of carbonyl (C=O) groups is 2. The van der Waals surface area contributed by atoms with Gasteiger partial charge in [0.15, 0.2) is 0 Å². The molecule has 1 atom stereocenters. The SMILES string of the molecule is CCCCCCC(=O)N(CC(=O)N1c2ccccc2-n2cccc2C1c1ccc(F)cc1)C1CC1. The quantitative estimate of drug-likeness (QED) is 0.357. The summed E-state index contributed by atoms with van der Waals surface area (Å²) in [6, 6.07) is 17.9. The summed E-state index contributed by atoms with van der Waals surface area (Å²) in [4.78, 5) is 30.7. The molecule has 2 heterocycles. The predicted molar refractivity (Wildman–Crippen MR) is 135 cm³/mol. The van der Waals surface area contributed by atoms with Gasteiger partial charge < -0.3 is 9.47 Å². The first-order chi connectivity index (χ1) is 17.1. The molecule has 5 rings (SSSR count). The van der Waals surface area contributed by atoms with Gasteiger partial charge >= 0.3 is 0 Å². The van der Waals surface area contributed by atoms with Crippen LogP contribution in [-0.2, 0) is 9.59 Å². The van der Waals surface area contributed by atoms with Crippen molar-refractivity contribution in [2.24, 2.45) is 0 Å². The number of amides is 2. The van der Waals surface area contributed by atoms with Crippen LogP contribution in [0.1, 0.15) is 69.2 Å².